The van der Waals surface area contributed by atoms with Crippen molar-refractivity contribution in [3.63, 3.8) is 0 Å². The van der Waals surface area contributed by atoms with E-state index in [-0.39, 0.29) is 0 Å². The number of rotatable bonds is 5. The number of hydrogen-bond acceptors (Lipinski definition) is 6. The average molecular weight is 465 g/mol. The molecule has 0 amide bonds. The number of fused-ring (bicyclic) bond motifs is 3. The van der Waals surface area contributed by atoms with E-state index < -0.39 is 42.3 Å². The van der Waals surface area contributed by atoms with E-state index in [0.29, 0.717) is 23.2 Å². The van der Waals surface area contributed by atoms with Crippen molar-refractivity contribution in [2.45, 2.75) is 117 Å². The number of hydrogen-bond donors (Lipinski definition) is 2. The Hall–Kier alpha value is -0.950. The summed E-state index contributed by atoms with van der Waals surface area (Å²) < 4.78 is 18.4. The van der Waals surface area contributed by atoms with Crippen LogP contribution in [0, 0.1) is 35.0 Å². The smallest absolute Gasteiger partial charge is 0.331 e. The Kier molecular flexibility index (Phi) is 6.80. The third kappa shape index (κ3) is 4.41. The maximum absolute atomic E-state index is 12.5. The van der Waals surface area contributed by atoms with E-state index in [9.17, 15) is 15.0 Å². The van der Waals surface area contributed by atoms with Gasteiger partial charge in [-0.15, -0.1) is 0 Å². The maximum Gasteiger partial charge on any atom is 0.331 e. The summed E-state index contributed by atoms with van der Waals surface area (Å²) in [6, 6.07) is 0. The third-order valence-electron chi connectivity index (χ3n) is 9.69. The fourth-order valence-corrected chi connectivity index (χ4v) is 7.38. The molecule has 11 atom stereocenters. The number of aliphatic hydroxyl groups excluding tert-OH is 2. The maximum atomic E-state index is 12.5. The van der Waals surface area contributed by atoms with Crippen LogP contribution >= 0.6 is 0 Å². The van der Waals surface area contributed by atoms with Gasteiger partial charge in [0.15, 0.2) is 12.4 Å². The Morgan fingerprint density at radius 3 is 2.45 bits per heavy atom. The van der Waals surface area contributed by atoms with Gasteiger partial charge >= 0.3 is 5.97 Å². The van der Waals surface area contributed by atoms with Gasteiger partial charge in [-0.3, -0.25) is 0 Å². The number of carbonyl (C=O) groups excluding carboxylic acids is 1. The molecular weight excluding hydrogens is 420 g/mol. The molecule has 1 saturated heterocycles. The van der Waals surface area contributed by atoms with Crippen LogP contribution in [0.2, 0.25) is 0 Å². The van der Waals surface area contributed by atoms with E-state index in [2.05, 4.69) is 27.7 Å². The van der Waals surface area contributed by atoms with E-state index in [0.717, 1.165) is 43.1 Å². The second-order valence-electron chi connectivity index (χ2n) is 12.1. The van der Waals surface area contributed by atoms with Crippen LogP contribution < -0.4 is 0 Å². The molecule has 3 saturated carbocycles. The van der Waals surface area contributed by atoms with Crippen LogP contribution in [0.5, 0.6) is 0 Å². The van der Waals surface area contributed by atoms with Gasteiger partial charge in [-0.1, -0.05) is 39.7 Å². The summed E-state index contributed by atoms with van der Waals surface area (Å²) in [6.45, 7) is 14.9. The van der Waals surface area contributed by atoms with E-state index in [4.69, 9.17) is 14.2 Å². The highest BCUT2D eigenvalue weighted by atomic mass is 16.7. The summed E-state index contributed by atoms with van der Waals surface area (Å²) in [5.74, 6) is 2.61. The summed E-state index contributed by atoms with van der Waals surface area (Å²) in [5, 5.41) is 21.3. The molecule has 0 bridgehead atoms. The predicted octanol–water partition coefficient (Wildman–Crippen LogP) is 4.22. The van der Waals surface area contributed by atoms with Crippen LogP contribution in [0.25, 0.3) is 0 Å². The molecule has 6 heteroatoms. The van der Waals surface area contributed by atoms with Gasteiger partial charge < -0.3 is 24.4 Å². The van der Waals surface area contributed by atoms with Crippen molar-refractivity contribution in [2.75, 3.05) is 0 Å². The zero-order valence-electron chi connectivity index (χ0n) is 21.4. The first kappa shape index (κ1) is 25.2. The summed E-state index contributed by atoms with van der Waals surface area (Å²) in [5.41, 5.74) is 0.865. The Morgan fingerprint density at radius 2 is 1.79 bits per heavy atom. The number of allylic oxidation sites excluding steroid dienone is 1. The molecule has 0 spiro atoms. The molecule has 1 heterocycles. The van der Waals surface area contributed by atoms with Crippen LogP contribution in [0.3, 0.4) is 0 Å². The minimum Gasteiger partial charge on any atom is -0.451 e. The molecule has 0 aromatic rings. The van der Waals surface area contributed by atoms with Crippen LogP contribution in [-0.2, 0) is 19.0 Å². The molecule has 1 aliphatic heterocycles. The molecule has 4 fully saturated rings. The molecule has 0 aromatic carbocycles. The first-order valence-corrected chi connectivity index (χ1v) is 13.0. The van der Waals surface area contributed by atoms with Gasteiger partial charge in [-0.2, -0.15) is 0 Å². The first-order chi connectivity index (χ1) is 15.4. The lowest BCUT2D eigenvalue weighted by Crippen LogP contribution is -2.61. The van der Waals surface area contributed by atoms with E-state index in [1.165, 1.54) is 12.5 Å². The third-order valence-corrected chi connectivity index (χ3v) is 9.69. The molecule has 188 valence electrons. The fourth-order valence-electron chi connectivity index (χ4n) is 7.38. The van der Waals surface area contributed by atoms with E-state index >= 15 is 0 Å². The van der Waals surface area contributed by atoms with E-state index in [1.807, 2.05) is 13.8 Å². The zero-order valence-corrected chi connectivity index (χ0v) is 21.4. The van der Waals surface area contributed by atoms with Crippen LogP contribution in [0.4, 0.5) is 0 Å². The van der Waals surface area contributed by atoms with Gasteiger partial charge in [-0.05, 0) is 81.5 Å². The topological polar surface area (TPSA) is 85.2 Å². The second-order valence-corrected chi connectivity index (χ2v) is 12.1. The van der Waals surface area contributed by atoms with Gasteiger partial charge in [0.1, 0.15) is 12.2 Å². The highest BCUT2D eigenvalue weighted by Gasteiger charge is 2.67. The Balaban J connectivity index is 1.57. The minimum absolute atomic E-state index is 0.403. The fraction of sp³-hybridized carbons (Fsp3) is 0.889. The monoisotopic (exact) mass is 464 g/mol. The van der Waals surface area contributed by atoms with Crippen molar-refractivity contribution in [3.05, 3.63) is 11.6 Å². The summed E-state index contributed by atoms with van der Waals surface area (Å²) >= 11 is 0. The summed E-state index contributed by atoms with van der Waals surface area (Å²) in [4.78, 5) is 12.5. The number of ether oxygens (including phenoxy) is 3. The Labute approximate surface area is 199 Å². The van der Waals surface area contributed by atoms with Crippen molar-refractivity contribution in [3.8, 4) is 0 Å². The molecule has 0 aromatic heterocycles. The molecule has 0 unspecified atom stereocenters. The molecule has 4 aliphatic rings. The van der Waals surface area contributed by atoms with Crippen molar-refractivity contribution in [2.24, 2.45) is 35.0 Å². The second kappa shape index (κ2) is 8.92. The number of aliphatic hydroxyl groups is 2. The van der Waals surface area contributed by atoms with Crippen molar-refractivity contribution in [1.82, 2.24) is 0 Å². The standard InChI is InChI=1S/C27H44O6/c1-8-14(2)13-19(28)32-24-23(30)22(29)16(4)31-25(24)33-27(7)12-11-18-21(26(18,5)6)20-15(3)9-10-17(20)27/h13,15-18,20-25,29-30H,8-12H2,1-7H3/b14-13+/t15-,16-,17+,18-,20-,21-,22-,23+,24+,25+,27-/m1/s1. The molecule has 3 aliphatic carbocycles. The van der Waals surface area contributed by atoms with Crippen molar-refractivity contribution in [1.29, 1.82) is 0 Å². The molecular formula is C27H44O6. The normalized spacial score (nSPS) is 49.1. The van der Waals surface area contributed by atoms with Gasteiger partial charge in [0.25, 0.3) is 0 Å². The van der Waals surface area contributed by atoms with Crippen LogP contribution in [0.1, 0.15) is 80.6 Å². The highest BCUT2D eigenvalue weighted by molar-refractivity contribution is 5.82. The molecule has 4 rings (SSSR count). The average Bonchev–Trinajstić information content (AvgIpc) is 3.12. The quantitative estimate of drug-likeness (QED) is 0.468. The Morgan fingerprint density at radius 1 is 1.09 bits per heavy atom. The van der Waals surface area contributed by atoms with Crippen LogP contribution in [0.15, 0.2) is 11.6 Å². The van der Waals surface area contributed by atoms with E-state index in [1.54, 1.807) is 6.92 Å². The largest absolute Gasteiger partial charge is 0.451 e. The molecule has 33 heavy (non-hydrogen) atoms. The lowest BCUT2D eigenvalue weighted by atomic mass is 9.74. The number of esters is 1. The SMILES string of the molecule is CC/C(C)=C/C(=O)O[C@@H]1[C@H](O[C@]2(C)CC[C@@H]3[C@H]([C@@H]4[C@H](C)CC[C@@H]42)C3(C)C)O[C@H](C)[C@@H](O)[C@@H]1O. The van der Waals surface area contributed by atoms with Crippen LogP contribution in [-0.4, -0.2) is 52.5 Å². The number of carbonyl (C=O) groups is 1. The van der Waals surface area contributed by atoms with Gasteiger partial charge in [0.05, 0.1) is 11.7 Å². The van der Waals surface area contributed by atoms with Gasteiger partial charge in [0.2, 0.25) is 0 Å². The minimum atomic E-state index is -1.27. The first-order valence-electron chi connectivity index (χ1n) is 13.0. The molecule has 2 N–H and O–H groups in total. The van der Waals surface area contributed by atoms with Gasteiger partial charge in [0, 0.05) is 6.08 Å². The Bertz CT molecular complexity index is 777. The molecule has 0 radical (unpaired) electrons. The highest BCUT2D eigenvalue weighted by Crippen LogP contribution is 2.71. The van der Waals surface area contributed by atoms with Gasteiger partial charge in [-0.25, -0.2) is 4.79 Å². The zero-order chi connectivity index (χ0) is 24.3. The van der Waals surface area contributed by atoms with Crippen molar-refractivity contribution >= 4 is 5.97 Å². The van der Waals surface area contributed by atoms with Crippen molar-refractivity contribution < 1.29 is 29.2 Å². The lowest BCUT2D eigenvalue weighted by Gasteiger charge is -2.47. The predicted molar refractivity (Wildman–Crippen MR) is 125 cm³/mol. The molecule has 6 nitrogen and oxygen atoms in total. The summed E-state index contributed by atoms with van der Waals surface area (Å²) in [6.07, 6.45) is 1.52. The lowest BCUT2D eigenvalue weighted by molar-refractivity contribution is -0.328. The summed E-state index contributed by atoms with van der Waals surface area (Å²) in [7, 11) is 0.